The van der Waals surface area contributed by atoms with Crippen molar-refractivity contribution in [1.82, 2.24) is 0 Å². The van der Waals surface area contributed by atoms with E-state index in [1.54, 1.807) is 24.3 Å². The highest BCUT2D eigenvalue weighted by molar-refractivity contribution is 6.07. The maximum absolute atomic E-state index is 12.4. The summed E-state index contributed by atoms with van der Waals surface area (Å²) in [6.07, 6.45) is 2.26. The van der Waals surface area contributed by atoms with Gasteiger partial charge in [0.1, 0.15) is 0 Å². The van der Waals surface area contributed by atoms with Crippen LogP contribution in [0.3, 0.4) is 0 Å². The molecule has 3 N–H and O–H groups in total. The van der Waals surface area contributed by atoms with Gasteiger partial charge in [0.2, 0.25) is 5.91 Å². The second-order valence-corrected chi connectivity index (χ2v) is 5.61. The first-order chi connectivity index (χ1) is 11.1. The van der Waals surface area contributed by atoms with E-state index in [4.69, 9.17) is 5.73 Å². The van der Waals surface area contributed by atoms with Gasteiger partial charge in [0.05, 0.1) is 11.4 Å². The monoisotopic (exact) mass is 309 g/mol. The van der Waals surface area contributed by atoms with Gasteiger partial charge in [-0.1, -0.05) is 18.2 Å². The number of hydrogen-bond acceptors (Lipinski definition) is 3. The van der Waals surface area contributed by atoms with Crippen molar-refractivity contribution in [1.29, 1.82) is 0 Å². The third-order valence-electron chi connectivity index (χ3n) is 4.01. The Hall–Kier alpha value is -2.82. The number of carbonyl (C=O) groups is 2. The summed E-state index contributed by atoms with van der Waals surface area (Å²) in [5.74, 6) is -0.708. The number of benzene rings is 2. The van der Waals surface area contributed by atoms with Crippen LogP contribution < -0.4 is 16.0 Å². The normalized spacial score (nSPS) is 13.8. The van der Waals surface area contributed by atoms with Crippen LogP contribution in [-0.2, 0) is 0 Å². The van der Waals surface area contributed by atoms with E-state index >= 15 is 0 Å². The van der Waals surface area contributed by atoms with Gasteiger partial charge in [0, 0.05) is 24.2 Å². The Morgan fingerprint density at radius 1 is 0.957 bits per heavy atom. The van der Waals surface area contributed by atoms with Crippen LogP contribution >= 0.6 is 0 Å². The molecular formula is C18H19N3O2. The van der Waals surface area contributed by atoms with Crippen molar-refractivity contribution in [2.45, 2.75) is 12.8 Å². The smallest absolute Gasteiger partial charge is 0.255 e. The van der Waals surface area contributed by atoms with Gasteiger partial charge in [-0.3, -0.25) is 9.59 Å². The average molecular weight is 309 g/mol. The maximum atomic E-state index is 12.4. The lowest BCUT2D eigenvalue weighted by molar-refractivity contribution is 0.0996. The highest BCUT2D eigenvalue weighted by atomic mass is 16.2. The van der Waals surface area contributed by atoms with E-state index in [9.17, 15) is 9.59 Å². The van der Waals surface area contributed by atoms with Crippen molar-refractivity contribution >= 4 is 23.2 Å². The molecular weight excluding hydrogens is 290 g/mol. The number of amides is 2. The van der Waals surface area contributed by atoms with Crippen molar-refractivity contribution in [2.24, 2.45) is 5.73 Å². The number of nitrogens with zero attached hydrogens (tertiary/aromatic N) is 1. The van der Waals surface area contributed by atoms with Crippen LogP contribution in [0.15, 0.2) is 48.5 Å². The summed E-state index contributed by atoms with van der Waals surface area (Å²) in [6.45, 7) is 1.90. The molecule has 0 spiro atoms. The van der Waals surface area contributed by atoms with E-state index in [0.717, 1.165) is 31.6 Å². The van der Waals surface area contributed by atoms with Gasteiger partial charge in [-0.2, -0.15) is 0 Å². The summed E-state index contributed by atoms with van der Waals surface area (Å²) in [6, 6.07) is 14.2. The fourth-order valence-corrected chi connectivity index (χ4v) is 2.81. The number of rotatable bonds is 4. The van der Waals surface area contributed by atoms with Crippen LogP contribution in [0.25, 0.3) is 0 Å². The molecule has 3 rings (SSSR count). The van der Waals surface area contributed by atoms with Crippen LogP contribution in [0.5, 0.6) is 0 Å². The predicted octanol–water partition coefficient (Wildman–Crippen LogP) is 2.64. The molecule has 0 saturated carbocycles. The predicted molar refractivity (Wildman–Crippen MR) is 90.8 cm³/mol. The average Bonchev–Trinajstić information content (AvgIpc) is 3.09. The lowest BCUT2D eigenvalue weighted by Crippen LogP contribution is -2.22. The quantitative estimate of drug-likeness (QED) is 0.911. The Labute approximate surface area is 135 Å². The van der Waals surface area contributed by atoms with E-state index < -0.39 is 5.91 Å². The second kappa shape index (κ2) is 6.52. The summed E-state index contributed by atoms with van der Waals surface area (Å²) >= 11 is 0. The molecule has 0 aliphatic carbocycles. The van der Waals surface area contributed by atoms with E-state index in [1.165, 1.54) is 0 Å². The fourth-order valence-electron chi connectivity index (χ4n) is 2.81. The highest BCUT2D eigenvalue weighted by Crippen LogP contribution is 2.30. The SMILES string of the molecule is NC(=O)c1ccc(N2CCCC2)c(NC(=O)c2ccccc2)c1. The van der Waals surface area contributed by atoms with E-state index in [0.29, 0.717) is 16.8 Å². The lowest BCUT2D eigenvalue weighted by Gasteiger charge is -2.22. The van der Waals surface area contributed by atoms with Gasteiger partial charge >= 0.3 is 0 Å². The zero-order chi connectivity index (χ0) is 16.2. The molecule has 2 aromatic rings. The molecule has 5 heteroatoms. The Balaban J connectivity index is 1.92. The Morgan fingerprint density at radius 3 is 2.30 bits per heavy atom. The number of hydrogen-bond donors (Lipinski definition) is 2. The van der Waals surface area contributed by atoms with Crippen LogP contribution in [0.1, 0.15) is 33.6 Å². The maximum Gasteiger partial charge on any atom is 0.255 e. The summed E-state index contributed by atoms with van der Waals surface area (Å²) in [5, 5.41) is 2.91. The van der Waals surface area contributed by atoms with Crippen molar-refractivity contribution in [2.75, 3.05) is 23.3 Å². The molecule has 1 heterocycles. The lowest BCUT2D eigenvalue weighted by atomic mass is 10.1. The third kappa shape index (κ3) is 3.34. The first-order valence-electron chi connectivity index (χ1n) is 7.70. The van der Waals surface area contributed by atoms with Gasteiger partial charge in [-0.05, 0) is 43.2 Å². The fraction of sp³-hybridized carbons (Fsp3) is 0.222. The molecule has 1 aliphatic heterocycles. The summed E-state index contributed by atoms with van der Waals surface area (Å²) in [5.41, 5.74) is 7.87. The minimum atomic E-state index is -0.506. The molecule has 1 fully saturated rings. The minimum Gasteiger partial charge on any atom is -0.370 e. The highest BCUT2D eigenvalue weighted by Gasteiger charge is 2.18. The number of primary amides is 1. The number of carbonyl (C=O) groups excluding carboxylic acids is 2. The van der Waals surface area contributed by atoms with Crippen molar-refractivity contribution in [3.05, 3.63) is 59.7 Å². The largest absolute Gasteiger partial charge is 0.370 e. The molecule has 0 radical (unpaired) electrons. The van der Waals surface area contributed by atoms with Gasteiger partial charge in [-0.25, -0.2) is 0 Å². The molecule has 2 aromatic carbocycles. The van der Waals surface area contributed by atoms with Gasteiger partial charge in [-0.15, -0.1) is 0 Å². The van der Waals surface area contributed by atoms with Crippen LogP contribution in [0, 0.1) is 0 Å². The second-order valence-electron chi connectivity index (χ2n) is 5.61. The summed E-state index contributed by atoms with van der Waals surface area (Å²) in [7, 11) is 0. The van der Waals surface area contributed by atoms with Crippen LogP contribution in [-0.4, -0.2) is 24.9 Å². The number of anilines is 2. The zero-order valence-corrected chi connectivity index (χ0v) is 12.8. The number of nitrogens with two attached hydrogens (primary N) is 1. The Morgan fingerprint density at radius 2 is 1.65 bits per heavy atom. The van der Waals surface area contributed by atoms with Crippen molar-refractivity contribution in [3.8, 4) is 0 Å². The third-order valence-corrected chi connectivity index (χ3v) is 4.01. The summed E-state index contributed by atoms with van der Waals surface area (Å²) in [4.78, 5) is 26.1. The van der Waals surface area contributed by atoms with Crippen molar-refractivity contribution < 1.29 is 9.59 Å². The molecule has 23 heavy (non-hydrogen) atoms. The molecule has 0 aromatic heterocycles. The Bertz CT molecular complexity index is 722. The molecule has 5 nitrogen and oxygen atoms in total. The molecule has 1 aliphatic rings. The zero-order valence-electron chi connectivity index (χ0n) is 12.8. The molecule has 118 valence electrons. The van der Waals surface area contributed by atoms with Gasteiger partial charge in [0.15, 0.2) is 0 Å². The first kappa shape index (κ1) is 15.1. The number of nitrogens with one attached hydrogen (secondary N) is 1. The molecule has 1 saturated heterocycles. The topological polar surface area (TPSA) is 75.4 Å². The molecule has 2 amide bonds. The Kier molecular flexibility index (Phi) is 4.28. The molecule has 0 atom stereocenters. The van der Waals surface area contributed by atoms with Crippen LogP contribution in [0.2, 0.25) is 0 Å². The van der Waals surface area contributed by atoms with E-state index in [1.807, 2.05) is 24.3 Å². The van der Waals surface area contributed by atoms with Gasteiger partial charge < -0.3 is 16.0 Å². The molecule has 0 unspecified atom stereocenters. The van der Waals surface area contributed by atoms with E-state index in [2.05, 4.69) is 10.2 Å². The molecule has 0 bridgehead atoms. The first-order valence-corrected chi connectivity index (χ1v) is 7.70. The summed E-state index contributed by atoms with van der Waals surface area (Å²) < 4.78 is 0. The standard InChI is InChI=1S/C18H19N3O2/c19-17(22)14-8-9-16(21-10-4-5-11-21)15(12-14)20-18(23)13-6-2-1-3-7-13/h1-3,6-9,12H,4-5,10-11H2,(H2,19,22)(H,20,23). The van der Waals surface area contributed by atoms with Crippen molar-refractivity contribution in [3.63, 3.8) is 0 Å². The van der Waals surface area contributed by atoms with Crippen LogP contribution in [0.4, 0.5) is 11.4 Å². The van der Waals surface area contributed by atoms with E-state index in [-0.39, 0.29) is 5.91 Å². The van der Waals surface area contributed by atoms with Gasteiger partial charge in [0.25, 0.3) is 5.91 Å². The minimum absolute atomic E-state index is 0.201.